The molecule has 0 aliphatic carbocycles. The van der Waals surface area contributed by atoms with Crippen molar-refractivity contribution in [3.8, 4) is 11.1 Å². The molecule has 3 nitrogen and oxygen atoms in total. The Morgan fingerprint density at radius 2 is 2.00 bits per heavy atom. The van der Waals surface area contributed by atoms with Crippen LogP contribution in [-0.4, -0.2) is 10.5 Å². The van der Waals surface area contributed by atoms with Gasteiger partial charge in [0.1, 0.15) is 0 Å². The number of hydrogen-bond donors (Lipinski definition) is 1. The van der Waals surface area contributed by atoms with Crippen LogP contribution in [0, 0.1) is 13.8 Å². The Morgan fingerprint density at radius 3 is 2.57 bits per heavy atom. The van der Waals surface area contributed by atoms with Gasteiger partial charge in [0.15, 0.2) is 0 Å². The van der Waals surface area contributed by atoms with Gasteiger partial charge in [0.25, 0.3) is 5.91 Å². The Bertz CT molecular complexity index is 725. The smallest absolute Gasteiger partial charge is 0.251 e. The molecule has 0 bridgehead atoms. The fourth-order valence-corrected chi connectivity index (χ4v) is 3.22. The number of unbranched alkanes of at least 4 members (excludes halogenated alkanes) is 1. The van der Waals surface area contributed by atoms with E-state index in [-0.39, 0.29) is 5.91 Å². The lowest BCUT2D eigenvalue weighted by Gasteiger charge is -2.12. The molecule has 2 N–H and O–H groups in total. The molecule has 2 rings (SSSR count). The number of nitrogens with zero attached hydrogens (tertiary/aromatic N) is 1. The summed E-state index contributed by atoms with van der Waals surface area (Å²) in [5, 5.41) is 0. The van der Waals surface area contributed by atoms with Gasteiger partial charge in [-0.15, -0.1) is 6.58 Å². The van der Waals surface area contributed by atoms with Gasteiger partial charge < -0.3 is 10.3 Å². The van der Waals surface area contributed by atoms with Gasteiger partial charge in [-0.25, -0.2) is 0 Å². The van der Waals surface area contributed by atoms with Crippen LogP contribution in [0.3, 0.4) is 0 Å². The molecule has 122 valence electrons. The number of rotatable bonds is 7. The van der Waals surface area contributed by atoms with E-state index < -0.39 is 0 Å². The molecular weight excluding hydrogens is 284 g/mol. The van der Waals surface area contributed by atoms with Crippen LogP contribution in [0.15, 0.2) is 36.9 Å². The van der Waals surface area contributed by atoms with Crippen LogP contribution in [0.4, 0.5) is 0 Å². The van der Waals surface area contributed by atoms with E-state index in [9.17, 15) is 4.79 Å². The monoisotopic (exact) mass is 310 g/mol. The van der Waals surface area contributed by atoms with E-state index >= 15 is 0 Å². The highest BCUT2D eigenvalue weighted by Crippen LogP contribution is 2.35. The van der Waals surface area contributed by atoms with Gasteiger partial charge >= 0.3 is 0 Å². The molecular formula is C20H26N2O. The van der Waals surface area contributed by atoms with E-state index in [0.717, 1.165) is 41.6 Å². The van der Waals surface area contributed by atoms with E-state index in [1.165, 1.54) is 5.69 Å². The zero-order valence-corrected chi connectivity index (χ0v) is 14.4. The number of allylic oxidation sites excluding steroid dienone is 1. The third kappa shape index (κ3) is 3.24. The van der Waals surface area contributed by atoms with E-state index in [4.69, 9.17) is 5.73 Å². The van der Waals surface area contributed by atoms with Gasteiger partial charge in [0.2, 0.25) is 0 Å². The van der Waals surface area contributed by atoms with Crippen LogP contribution in [0.2, 0.25) is 0 Å². The lowest BCUT2D eigenvalue weighted by Crippen LogP contribution is -2.13. The number of carbonyl (C=O) groups is 1. The van der Waals surface area contributed by atoms with Crippen LogP contribution in [0.5, 0.6) is 0 Å². The van der Waals surface area contributed by atoms with Crippen LogP contribution in [0.1, 0.15) is 47.1 Å². The molecule has 1 amide bonds. The molecule has 0 aliphatic rings. The number of amides is 1. The maximum absolute atomic E-state index is 12.2. The number of nitrogens with two attached hydrogens (primary N) is 1. The van der Waals surface area contributed by atoms with Crippen molar-refractivity contribution in [2.45, 2.75) is 46.6 Å². The van der Waals surface area contributed by atoms with Crippen LogP contribution in [-0.2, 0) is 13.0 Å². The summed E-state index contributed by atoms with van der Waals surface area (Å²) < 4.78 is 2.19. The Kier molecular flexibility index (Phi) is 5.43. The van der Waals surface area contributed by atoms with Gasteiger partial charge in [-0.05, 0) is 37.8 Å². The molecule has 1 heterocycles. The first kappa shape index (κ1) is 17.1. The second-order valence-electron chi connectivity index (χ2n) is 5.96. The highest BCUT2D eigenvalue weighted by Gasteiger charge is 2.24. The predicted molar refractivity (Wildman–Crippen MR) is 96.7 cm³/mol. The molecule has 0 saturated heterocycles. The van der Waals surface area contributed by atoms with Gasteiger partial charge in [-0.3, -0.25) is 4.79 Å². The standard InChI is InChI=1S/C20H26N2O/c1-5-7-12-17-19(16-11-9-8-10-14(16)3)18(20(21)23)15(4)22(17)13-6-2/h6,8-11H,2,5,7,12-13H2,1,3-4H3,(H2,21,23). The third-order valence-corrected chi connectivity index (χ3v) is 4.37. The molecule has 0 saturated carbocycles. The fourth-order valence-electron chi connectivity index (χ4n) is 3.22. The van der Waals surface area contributed by atoms with Crippen LogP contribution < -0.4 is 5.73 Å². The summed E-state index contributed by atoms with van der Waals surface area (Å²) in [5.74, 6) is -0.360. The number of primary amides is 1. The number of benzene rings is 1. The third-order valence-electron chi connectivity index (χ3n) is 4.37. The molecule has 0 atom stereocenters. The lowest BCUT2D eigenvalue weighted by atomic mass is 9.94. The van der Waals surface area contributed by atoms with Crippen molar-refractivity contribution in [1.29, 1.82) is 0 Å². The SMILES string of the molecule is C=CCn1c(C)c(C(N)=O)c(-c2ccccc2C)c1CCCC. The molecule has 0 fully saturated rings. The minimum Gasteiger partial charge on any atom is -0.366 e. The first-order valence-electron chi connectivity index (χ1n) is 8.21. The Hall–Kier alpha value is -2.29. The number of aromatic nitrogens is 1. The summed E-state index contributed by atoms with van der Waals surface area (Å²) in [6, 6.07) is 8.17. The first-order chi connectivity index (χ1) is 11.0. The quantitative estimate of drug-likeness (QED) is 0.757. The second kappa shape index (κ2) is 7.32. The van der Waals surface area contributed by atoms with E-state index in [0.29, 0.717) is 12.1 Å². The van der Waals surface area contributed by atoms with Crippen molar-refractivity contribution >= 4 is 5.91 Å². The summed E-state index contributed by atoms with van der Waals surface area (Å²) in [4.78, 5) is 12.2. The van der Waals surface area contributed by atoms with Gasteiger partial charge in [0, 0.05) is 23.5 Å². The van der Waals surface area contributed by atoms with Gasteiger partial charge in [-0.2, -0.15) is 0 Å². The first-order valence-corrected chi connectivity index (χ1v) is 8.21. The highest BCUT2D eigenvalue weighted by molar-refractivity contribution is 6.02. The number of aryl methyl sites for hydroxylation is 1. The zero-order valence-electron chi connectivity index (χ0n) is 14.4. The average Bonchev–Trinajstić information content (AvgIpc) is 2.79. The van der Waals surface area contributed by atoms with E-state index in [1.807, 2.05) is 25.1 Å². The normalized spacial score (nSPS) is 10.7. The van der Waals surface area contributed by atoms with Crippen molar-refractivity contribution in [2.75, 3.05) is 0 Å². The average molecular weight is 310 g/mol. The zero-order chi connectivity index (χ0) is 17.0. The molecule has 1 aromatic heterocycles. The molecule has 0 spiro atoms. The Balaban J connectivity index is 2.80. The highest BCUT2D eigenvalue weighted by atomic mass is 16.1. The summed E-state index contributed by atoms with van der Waals surface area (Å²) >= 11 is 0. The van der Waals surface area contributed by atoms with Crippen molar-refractivity contribution < 1.29 is 4.79 Å². The Morgan fingerprint density at radius 1 is 1.30 bits per heavy atom. The summed E-state index contributed by atoms with van der Waals surface area (Å²) in [6.07, 6.45) is 4.99. The van der Waals surface area contributed by atoms with E-state index in [1.54, 1.807) is 0 Å². The molecule has 0 radical (unpaired) electrons. The minimum absolute atomic E-state index is 0.360. The van der Waals surface area contributed by atoms with Gasteiger partial charge in [-0.1, -0.05) is 43.7 Å². The molecule has 1 aromatic carbocycles. The minimum atomic E-state index is -0.360. The maximum Gasteiger partial charge on any atom is 0.251 e. The largest absolute Gasteiger partial charge is 0.366 e. The number of carbonyl (C=O) groups excluding carboxylic acids is 1. The van der Waals surface area contributed by atoms with Crippen LogP contribution >= 0.6 is 0 Å². The lowest BCUT2D eigenvalue weighted by molar-refractivity contribution is 0.1000. The topological polar surface area (TPSA) is 48.0 Å². The summed E-state index contributed by atoms with van der Waals surface area (Å²) in [6.45, 7) is 10.8. The number of hydrogen-bond acceptors (Lipinski definition) is 1. The van der Waals surface area contributed by atoms with Crippen molar-refractivity contribution in [2.24, 2.45) is 5.73 Å². The molecule has 2 aromatic rings. The fraction of sp³-hybridized carbons (Fsp3) is 0.350. The van der Waals surface area contributed by atoms with Crippen molar-refractivity contribution in [3.05, 3.63) is 59.4 Å². The predicted octanol–water partition coefficient (Wildman–Crippen LogP) is 4.40. The second-order valence-corrected chi connectivity index (χ2v) is 5.96. The molecule has 3 heteroatoms. The summed E-state index contributed by atoms with van der Waals surface area (Å²) in [7, 11) is 0. The van der Waals surface area contributed by atoms with E-state index in [2.05, 4.69) is 37.1 Å². The van der Waals surface area contributed by atoms with Crippen molar-refractivity contribution in [1.82, 2.24) is 4.57 Å². The van der Waals surface area contributed by atoms with Crippen molar-refractivity contribution in [3.63, 3.8) is 0 Å². The molecule has 0 unspecified atom stereocenters. The van der Waals surface area contributed by atoms with Crippen LogP contribution in [0.25, 0.3) is 11.1 Å². The van der Waals surface area contributed by atoms with Gasteiger partial charge in [0.05, 0.1) is 5.56 Å². The summed E-state index contributed by atoms with van der Waals surface area (Å²) in [5.41, 5.74) is 11.8. The molecule has 23 heavy (non-hydrogen) atoms. The Labute approximate surface area is 138 Å². The molecule has 0 aliphatic heterocycles. The maximum atomic E-state index is 12.2.